The molecule has 3 heterocycles. The maximum Gasteiger partial charge on any atom is 0.280 e. The first-order chi connectivity index (χ1) is 12.5. The van der Waals surface area contributed by atoms with E-state index in [0.717, 1.165) is 0 Å². The zero-order valence-electron chi connectivity index (χ0n) is 16.7. The van der Waals surface area contributed by atoms with Crippen LogP contribution in [-0.2, 0) is 9.16 Å². The minimum absolute atomic E-state index is 0.0883. The van der Waals surface area contributed by atoms with Crippen LogP contribution in [0.4, 0.5) is 5.95 Å². The average Bonchev–Trinajstić information content (AvgIpc) is 3.15. The fourth-order valence-corrected chi connectivity index (χ4v) is 3.81. The van der Waals surface area contributed by atoms with E-state index >= 15 is 0 Å². The van der Waals surface area contributed by atoms with Crippen molar-refractivity contribution in [2.75, 3.05) is 19.0 Å². The topological polar surface area (TPSA) is 114 Å². The van der Waals surface area contributed by atoms with Crippen molar-refractivity contribution in [3.63, 3.8) is 0 Å². The van der Waals surface area contributed by atoms with Gasteiger partial charge in [-0.25, -0.2) is 4.98 Å². The third-order valence-electron chi connectivity index (χ3n) is 5.60. The Labute approximate surface area is 159 Å². The highest BCUT2D eigenvalue weighted by Crippen LogP contribution is 2.38. The molecule has 0 aliphatic carbocycles. The zero-order chi connectivity index (χ0) is 20.0. The van der Waals surface area contributed by atoms with Crippen LogP contribution in [0.1, 0.15) is 33.4 Å². The molecule has 2 aromatic heterocycles. The number of fused-ring (bicyclic) bond motifs is 1. The first-order valence-electron chi connectivity index (χ1n) is 9.15. The second-order valence-corrected chi connectivity index (χ2v) is 13.3. The number of nitrogens with one attached hydrogen (secondary N) is 2. The second kappa shape index (κ2) is 7.01. The SMILES string of the molecule is CNc1nc2c(ncn2[C@H]2C[C@H](O)[C@@H](CO[Si](C)(C)C(C)(C)C)O2)c(=O)[nH]1. The number of hydrogen-bond acceptors (Lipinski definition) is 7. The maximum absolute atomic E-state index is 12.1. The van der Waals surface area contributed by atoms with E-state index < -0.39 is 26.8 Å². The lowest BCUT2D eigenvalue weighted by Gasteiger charge is -2.37. The summed E-state index contributed by atoms with van der Waals surface area (Å²) < 4.78 is 13.9. The van der Waals surface area contributed by atoms with Gasteiger partial charge in [0, 0.05) is 13.5 Å². The Hall–Kier alpha value is -1.75. The second-order valence-electron chi connectivity index (χ2n) is 8.49. The molecule has 3 atom stereocenters. The van der Waals surface area contributed by atoms with E-state index in [9.17, 15) is 9.90 Å². The molecule has 0 amide bonds. The van der Waals surface area contributed by atoms with Crippen molar-refractivity contribution in [1.29, 1.82) is 0 Å². The highest BCUT2D eigenvalue weighted by atomic mass is 28.4. The average molecular weight is 396 g/mol. The molecular weight excluding hydrogens is 366 g/mol. The van der Waals surface area contributed by atoms with Crippen molar-refractivity contribution in [3.8, 4) is 0 Å². The summed E-state index contributed by atoms with van der Waals surface area (Å²) in [6.45, 7) is 11.2. The van der Waals surface area contributed by atoms with Crippen LogP contribution in [0.2, 0.25) is 18.1 Å². The van der Waals surface area contributed by atoms with Crippen molar-refractivity contribution >= 4 is 25.4 Å². The highest BCUT2D eigenvalue weighted by molar-refractivity contribution is 6.74. The molecule has 3 rings (SSSR count). The number of anilines is 1. The standard InChI is InChI=1S/C17H29N5O4Si/c1-17(2,3)27(5,6)25-8-11-10(23)7-12(26-11)22-9-19-13-14(22)20-16(18-4)21-15(13)24/h9-12,23H,7-8H2,1-6H3,(H2,18,20,21,24)/t10-,11+,12+/m0/s1. The Morgan fingerprint density at radius 2 is 2.19 bits per heavy atom. The number of hydrogen-bond donors (Lipinski definition) is 3. The zero-order valence-corrected chi connectivity index (χ0v) is 17.7. The van der Waals surface area contributed by atoms with Gasteiger partial charge in [-0.05, 0) is 18.1 Å². The minimum atomic E-state index is -1.93. The molecule has 0 aromatic carbocycles. The van der Waals surface area contributed by atoms with Crippen LogP contribution in [-0.4, -0.2) is 58.8 Å². The van der Waals surface area contributed by atoms with E-state index in [1.807, 2.05) is 0 Å². The van der Waals surface area contributed by atoms with Crippen LogP contribution in [0.3, 0.4) is 0 Å². The van der Waals surface area contributed by atoms with E-state index in [2.05, 4.69) is 54.1 Å². The molecule has 9 nitrogen and oxygen atoms in total. The van der Waals surface area contributed by atoms with Gasteiger partial charge in [-0.3, -0.25) is 14.3 Å². The summed E-state index contributed by atoms with van der Waals surface area (Å²) in [7, 11) is -0.255. The molecule has 0 spiro atoms. The molecule has 3 N–H and O–H groups in total. The molecule has 1 aliphatic heterocycles. The Morgan fingerprint density at radius 1 is 1.48 bits per heavy atom. The predicted octanol–water partition coefficient (Wildman–Crippen LogP) is 1.83. The van der Waals surface area contributed by atoms with Crippen molar-refractivity contribution in [2.45, 2.75) is 63.8 Å². The number of rotatable bonds is 5. The Morgan fingerprint density at radius 3 is 2.81 bits per heavy atom. The van der Waals surface area contributed by atoms with Crippen molar-refractivity contribution in [1.82, 2.24) is 19.5 Å². The largest absolute Gasteiger partial charge is 0.414 e. The molecule has 0 unspecified atom stereocenters. The van der Waals surface area contributed by atoms with Gasteiger partial charge >= 0.3 is 0 Å². The number of aliphatic hydroxyl groups is 1. The van der Waals surface area contributed by atoms with Crippen molar-refractivity contribution in [2.24, 2.45) is 0 Å². The van der Waals surface area contributed by atoms with Gasteiger partial charge in [-0.2, -0.15) is 4.98 Å². The third kappa shape index (κ3) is 3.79. The van der Waals surface area contributed by atoms with Crippen LogP contribution >= 0.6 is 0 Å². The lowest BCUT2D eigenvalue weighted by Crippen LogP contribution is -2.43. The van der Waals surface area contributed by atoms with E-state index in [-0.39, 0.29) is 16.1 Å². The first-order valence-corrected chi connectivity index (χ1v) is 12.1. The Kier molecular flexibility index (Phi) is 5.19. The summed E-state index contributed by atoms with van der Waals surface area (Å²) >= 11 is 0. The van der Waals surface area contributed by atoms with E-state index in [4.69, 9.17) is 9.16 Å². The monoisotopic (exact) mass is 395 g/mol. The molecule has 1 saturated heterocycles. The van der Waals surface area contributed by atoms with Crippen LogP contribution in [0.5, 0.6) is 0 Å². The van der Waals surface area contributed by atoms with E-state index in [1.165, 1.54) is 6.33 Å². The van der Waals surface area contributed by atoms with E-state index in [0.29, 0.717) is 24.6 Å². The third-order valence-corrected chi connectivity index (χ3v) is 10.1. The molecule has 0 saturated carbocycles. The van der Waals surface area contributed by atoms with Crippen LogP contribution in [0.25, 0.3) is 11.2 Å². The molecule has 150 valence electrons. The molecule has 27 heavy (non-hydrogen) atoms. The van der Waals surface area contributed by atoms with Gasteiger partial charge in [0.25, 0.3) is 5.56 Å². The predicted molar refractivity (Wildman–Crippen MR) is 105 cm³/mol. The Bertz CT molecular complexity index is 872. The van der Waals surface area contributed by atoms with Gasteiger partial charge in [0.05, 0.1) is 19.0 Å². The Balaban J connectivity index is 1.78. The molecular formula is C17H29N5O4Si. The first kappa shape index (κ1) is 20.0. The van der Waals surface area contributed by atoms with Gasteiger partial charge < -0.3 is 19.6 Å². The summed E-state index contributed by atoms with van der Waals surface area (Å²) in [5, 5.41) is 13.4. The van der Waals surface area contributed by atoms with Gasteiger partial charge in [0.2, 0.25) is 5.95 Å². The van der Waals surface area contributed by atoms with Gasteiger partial charge in [0.15, 0.2) is 19.5 Å². The van der Waals surface area contributed by atoms with Crippen LogP contribution < -0.4 is 10.9 Å². The van der Waals surface area contributed by atoms with Gasteiger partial charge in [-0.15, -0.1) is 0 Å². The molecule has 1 aliphatic rings. The van der Waals surface area contributed by atoms with E-state index in [1.54, 1.807) is 11.6 Å². The van der Waals surface area contributed by atoms with Crippen molar-refractivity contribution < 1.29 is 14.3 Å². The fraction of sp³-hybridized carbons (Fsp3) is 0.706. The minimum Gasteiger partial charge on any atom is -0.414 e. The fourth-order valence-electron chi connectivity index (χ4n) is 2.80. The van der Waals surface area contributed by atoms with Gasteiger partial charge in [0.1, 0.15) is 12.3 Å². The van der Waals surface area contributed by atoms with Crippen molar-refractivity contribution in [3.05, 3.63) is 16.7 Å². The number of aromatic amines is 1. The lowest BCUT2D eigenvalue weighted by molar-refractivity contribution is -0.0405. The molecule has 10 heteroatoms. The summed E-state index contributed by atoms with van der Waals surface area (Å²) in [6, 6.07) is 0. The number of imidazole rings is 1. The van der Waals surface area contributed by atoms with Gasteiger partial charge in [-0.1, -0.05) is 20.8 Å². The van der Waals surface area contributed by atoms with Crippen LogP contribution in [0, 0.1) is 0 Å². The summed E-state index contributed by atoms with van der Waals surface area (Å²) in [4.78, 5) is 23.2. The number of nitrogens with zero attached hydrogens (tertiary/aromatic N) is 3. The molecule has 0 radical (unpaired) electrons. The lowest BCUT2D eigenvalue weighted by atomic mass is 10.2. The highest BCUT2D eigenvalue weighted by Gasteiger charge is 2.41. The molecule has 0 bridgehead atoms. The smallest absolute Gasteiger partial charge is 0.280 e. The number of aliphatic hydroxyl groups excluding tert-OH is 1. The normalized spacial score (nSPS) is 23.9. The summed E-state index contributed by atoms with van der Waals surface area (Å²) in [6.07, 6.45) is 0.397. The number of ether oxygens (including phenoxy) is 1. The quantitative estimate of drug-likeness (QED) is 0.662. The van der Waals surface area contributed by atoms with Crippen LogP contribution in [0.15, 0.2) is 11.1 Å². The number of H-pyrrole nitrogens is 1. The summed E-state index contributed by atoms with van der Waals surface area (Å²) in [5.41, 5.74) is 0.346. The molecule has 1 fully saturated rings. The number of aromatic nitrogens is 4. The molecule has 2 aromatic rings. The summed E-state index contributed by atoms with van der Waals surface area (Å²) in [5.74, 6) is 0.352. The maximum atomic E-state index is 12.1.